The van der Waals surface area contributed by atoms with Crippen molar-refractivity contribution in [1.29, 1.82) is 0 Å². The third kappa shape index (κ3) is 2.64. The molecule has 1 atom stereocenters. The molecule has 0 unspecified atom stereocenters. The van der Waals surface area contributed by atoms with E-state index in [1.807, 2.05) is 49.6 Å². The number of nitrogens with zero attached hydrogens (tertiary/aromatic N) is 2. The second-order valence-corrected chi connectivity index (χ2v) is 5.86. The minimum atomic E-state index is 0.229. The Morgan fingerprint density at radius 3 is 2.92 bits per heavy atom. The molecule has 4 rings (SSSR count). The maximum Gasteiger partial charge on any atom is 0.144 e. The minimum Gasteiger partial charge on any atom is -0.493 e. The Kier molecular flexibility index (Phi) is 3.95. The molecular formula is C20H20N2O2. The van der Waals surface area contributed by atoms with Crippen LogP contribution < -0.4 is 9.47 Å². The van der Waals surface area contributed by atoms with E-state index >= 15 is 0 Å². The van der Waals surface area contributed by atoms with E-state index in [2.05, 4.69) is 27.8 Å². The SMILES string of the molecule is CCOc1ccccc1-c1nccn1[C@@H]1COc2ccccc2C1. The molecule has 0 saturated carbocycles. The lowest BCUT2D eigenvalue weighted by Gasteiger charge is -2.27. The van der Waals surface area contributed by atoms with Gasteiger partial charge < -0.3 is 14.0 Å². The van der Waals surface area contributed by atoms with E-state index in [-0.39, 0.29) is 6.04 Å². The van der Waals surface area contributed by atoms with Crippen molar-refractivity contribution in [3.63, 3.8) is 0 Å². The standard InChI is InChI=1S/C20H20N2O2/c1-2-23-19-10-6-4-8-17(19)20-21-11-12-22(20)16-13-15-7-3-5-9-18(15)24-14-16/h3-12,16H,2,13-14H2,1H3/t16-/m0/s1. The van der Waals surface area contributed by atoms with Crippen molar-refractivity contribution in [1.82, 2.24) is 9.55 Å². The fourth-order valence-corrected chi connectivity index (χ4v) is 3.24. The van der Waals surface area contributed by atoms with Crippen LogP contribution in [0.1, 0.15) is 18.5 Å². The zero-order chi connectivity index (χ0) is 16.4. The third-order valence-electron chi connectivity index (χ3n) is 4.35. The summed E-state index contributed by atoms with van der Waals surface area (Å²) in [5, 5.41) is 0. The van der Waals surface area contributed by atoms with Crippen LogP contribution in [0.25, 0.3) is 11.4 Å². The molecule has 3 aromatic rings. The number of hydrogen-bond acceptors (Lipinski definition) is 3. The summed E-state index contributed by atoms with van der Waals surface area (Å²) in [7, 11) is 0. The van der Waals surface area contributed by atoms with Crippen LogP contribution in [0.2, 0.25) is 0 Å². The summed E-state index contributed by atoms with van der Waals surface area (Å²) in [4.78, 5) is 4.59. The molecular weight excluding hydrogens is 300 g/mol. The van der Waals surface area contributed by atoms with Gasteiger partial charge in [0.2, 0.25) is 0 Å². The highest BCUT2D eigenvalue weighted by atomic mass is 16.5. The van der Waals surface area contributed by atoms with Crippen LogP contribution in [-0.2, 0) is 6.42 Å². The molecule has 4 nitrogen and oxygen atoms in total. The van der Waals surface area contributed by atoms with Gasteiger partial charge in [-0.15, -0.1) is 0 Å². The predicted octanol–water partition coefficient (Wildman–Crippen LogP) is 4.13. The summed E-state index contributed by atoms with van der Waals surface area (Å²) < 4.78 is 13.9. The molecule has 0 fully saturated rings. The zero-order valence-electron chi connectivity index (χ0n) is 13.7. The molecule has 1 aromatic heterocycles. The van der Waals surface area contributed by atoms with Gasteiger partial charge in [-0.05, 0) is 30.7 Å². The first-order valence-corrected chi connectivity index (χ1v) is 8.32. The average molecular weight is 320 g/mol. The molecule has 1 aliphatic rings. The number of benzene rings is 2. The van der Waals surface area contributed by atoms with E-state index in [1.54, 1.807) is 0 Å². The average Bonchev–Trinajstić information content (AvgIpc) is 3.11. The number of para-hydroxylation sites is 2. The van der Waals surface area contributed by atoms with E-state index in [1.165, 1.54) is 5.56 Å². The normalized spacial score (nSPS) is 16.3. The number of aromatic nitrogens is 2. The molecule has 2 aromatic carbocycles. The number of fused-ring (bicyclic) bond motifs is 1. The molecule has 0 bridgehead atoms. The van der Waals surface area contributed by atoms with E-state index in [0.29, 0.717) is 13.2 Å². The minimum absolute atomic E-state index is 0.229. The van der Waals surface area contributed by atoms with Gasteiger partial charge in [0, 0.05) is 18.8 Å². The molecule has 0 aliphatic carbocycles. The number of rotatable bonds is 4. The maximum absolute atomic E-state index is 5.95. The molecule has 0 saturated heterocycles. The first kappa shape index (κ1) is 14.8. The van der Waals surface area contributed by atoms with E-state index in [9.17, 15) is 0 Å². The highest BCUT2D eigenvalue weighted by molar-refractivity contribution is 5.64. The Hall–Kier alpha value is -2.75. The monoisotopic (exact) mass is 320 g/mol. The van der Waals surface area contributed by atoms with Crippen LogP contribution in [-0.4, -0.2) is 22.8 Å². The molecule has 24 heavy (non-hydrogen) atoms. The van der Waals surface area contributed by atoms with Crippen molar-refractivity contribution in [2.24, 2.45) is 0 Å². The Bertz CT molecular complexity index is 841. The van der Waals surface area contributed by atoms with Crippen molar-refractivity contribution < 1.29 is 9.47 Å². The van der Waals surface area contributed by atoms with E-state index < -0.39 is 0 Å². The van der Waals surface area contributed by atoms with Crippen molar-refractivity contribution in [2.75, 3.05) is 13.2 Å². The summed E-state index contributed by atoms with van der Waals surface area (Å²) in [5.74, 6) is 2.78. The number of ether oxygens (including phenoxy) is 2. The van der Waals surface area contributed by atoms with Gasteiger partial charge in [0.15, 0.2) is 0 Å². The van der Waals surface area contributed by atoms with Crippen LogP contribution in [0, 0.1) is 0 Å². The molecule has 4 heteroatoms. The van der Waals surface area contributed by atoms with Crippen LogP contribution in [0.5, 0.6) is 11.5 Å². The fraction of sp³-hybridized carbons (Fsp3) is 0.250. The first-order chi connectivity index (χ1) is 11.9. The van der Waals surface area contributed by atoms with Crippen molar-refractivity contribution >= 4 is 0 Å². The molecule has 1 aliphatic heterocycles. The lowest BCUT2D eigenvalue weighted by molar-refractivity contribution is 0.225. The fourth-order valence-electron chi connectivity index (χ4n) is 3.24. The van der Waals surface area contributed by atoms with Crippen LogP contribution >= 0.6 is 0 Å². The predicted molar refractivity (Wildman–Crippen MR) is 93.5 cm³/mol. The summed E-state index contributed by atoms with van der Waals surface area (Å²) >= 11 is 0. The van der Waals surface area contributed by atoms with E-state index in [4.69, 9.17) is 9.47 Å². The highest BCUT2D eigenvalue weighted by Gasteiger charge is 2.24. The van der Waals surface area contributed by atoms with Gasteiger partial charge in [-0.3, -0.25) is 0 Å². The molecule has 0 N–H and O–H groups in total. The van der Waals surface area contributed by atoms with Gasteiger partial charge in [-0.25, -0.2) is 4.98 Å². The van der Waals surface area contributed by atoms with Gasteiger partial charge >= 0.3 is 0 Å². The van der Waals surface area contributed by atoms with Crippen LogP contribution in [0.4, 0.5) is 0 Å². The zero-order valence-corrected chi connectivity index (χ0v) is 13.7. The molecule has 122 valence electrons. The lowest BCUT2D eigenvalue weighted by atomic mass is 10.0. The molecule has 0 spiro atoms. The maximum atomic E-state index is 5.95. The van der Waals surface area contributed by atoms with E-state index in [0.717, 1.165) is 29.3 Å². The summed E-state index contributed by atoms with van der Waals surface area (Å²) in [6.45, 7) is 3.28. The quantitative estimate of drug-likeness (QED) is 0.725. The summed E-state index contributed by atoms with van der Waals surface area (Å²) in [6.07, 6.45) is 4.81. The Labute approximate surface area is 141 Å². The Morgan fingerprint density at radius 2 is 2.00 bits per heavy atom. The van der Waals surface area contributed by atoms with Gasteiger partial charge in [0.1, 0.15) is 23.9 Å². The second kappa shape index (κ2) is 6.40. The summed E-state index contributed by atoms with van der Waals surface area (Å²) in [5.41, 5.74) is 2.26. The van der Waals surface area contributed by atoms with Crippen LogP contribution in [0.15, 0.2) is 60.9 Å². The first-order valence-electron chi connectivity index (χ1n) is 8.32. The van der Waals surface area contributed by atoms with Crippen molar-refractivity contribution in [3.8, 4) is 22.9 Å². The molecule has 0 amide bonds. The lowest BCUT2D eigenvalue weighted by Crippen LogP contribution is -2.24. The van der Waals surface area contributed by atoms with Gasteiger partial charge in [-0.1, -0.05) is 30.3 Å². The Morgan fingerprint density at radius 1 is 1.17 bits per heavy atom. The Balaban J connectivity index is 1.69. The number of imidazole rings is 1. The number of hydrogen-bond donors (Lipinski definition) is 0. The topological polar surface area (TPSA) is 36.3 Å². The van der Waals surface area contributed by atoms with Crippen molar-refractivity contribution in [3.05, 3.63) is 66.5 Å². The summed E-state index contributed by atoms with van der Waals surface area (Å²) in [6, 6.07) is 16.5. The van der Waals surface area contributed by atoms with Gasteiger partial charge in [-0.2, -0.15) is 0 Å². The molecule has 2 heterocycles. The second-order valence-electron chi connectivity index (χ2n) is 5.86. The largest absolute Gasteiger partial charge is 0.493 e. The van der Waals surface area contributed by atoms with Gasteiger partial charge in [0.25, 0.3) is 0 Å². The molecule has 0 radical (unpaired) electrons. The highest BCUT2D eigenvalue weighted by Crippen LogP contribution is 2.34. The third-order valence-corrected chi connectivity index (χ3v) is 4.35. The van der Waals surface area contributed by atoms with Gasteiger partial charge in [0.05, 0.1) is 18.2 Å². The van der Waals surface area contributed by atoms with Crippen molar-refractivity contribution in [2.45, 2.75) is 19.4 Å². The smallest absolute Gasteiger partial charge is 0.144 e. The van der Waals surface area contributed by atoms with Crippen LogP contribution in [0.3, 0.4) is 0 Å².